The Kier molecular flexibility index (Phi) is 21.0. The molecule has 2 aliphatic rings. The lowest BCUT2D eigenvalue weighted by Gasteiger charge is -2.49. The van der Waals surface area contributed by atoms with Crippen LogP contribution in [-0.2, 0) is 80.8 Å². The standard InChI is InChI=1S/C44H50Cl3NO21/c1-7-18-59-40-37(68-39(55)28-16-12-9-13-17-28)36(67-38(54)27-14-10-8-11-15-27)33(53)30(66-40)21-62-43(41(56)58-6)19-29(63-24(3)50)32(48-42(57)61-22-44(45,46)47)35(69-43)34(65-26(5)52)31(64-25(4)51)20-60-23(2)49/h7-17,29-37,40,53H,1,18-22H2,2-6H3,(H,48,57)/t29-,30+,31+,32+,33-,34+,35+,36-,37+,40-,43+/m0/s1. The monoisotopic (exact) mass is 1030 g/mol. The van der Waals surface area contributed by atoms with E-state index in [0.29, 0.717) is 0 Å². The van der Waals surface area contributed by atoms with Crippen molar-refractivity contribution in [3.63, 3.8) is 0 Å². The molecule has 2 aromatic carbocycles. The Bertz CT molecular complexity index is 2130. The lowest BCUT2D eigenvalue weighted by molar-refractivity contribution is -0.338. The lowest BCUT2D eigenvalue weighted by Crippen LogP contribution is -2.70. The minimum atomic E-state index is -2.84. The number of alkyl halides is 3. The van der Waals surface area contributed by atoms with Crippen LogP contribution in [0.1, 0.15) is 54.8 Å². The van der Waals surface area contributed by atoms with Crippen LogP contribution in [-0.4, -0.2) is 157 Å². The molecule has 22 nitrogen and oxygen atoms in total. The molecule has 0 radical (unpaired) electrons. The van der Waals surface area contributed by atoms with E-state index in [1.807, 2.05) is 0 Å². The number of nitrogens with one attached hydrogen (secondary N) is 1. The van der Waals surface area contributed by atoms with Crippen molar-refractivity contribution in [1.29, 1.82) is 0 Å². The van der Waals surface area contributed by atoms with E-state index in [0.717, 1.165) is 34.8 Å². The molecule has 11 atom stereocenters. The summed E-state index contributed by atoms with van der Waals surface area (Å²) >= 11 is 17.3. The van der Waals surface area contributed by atoms with Crippen LogP contribution in [0.4, 0.5) is 4.79 Å². The summed E-state index contributed by atoms with van der Waals surface area (Å²) in [5, 5.41) is 14.4. The smallest absolute Gasteiger partial charge is 0.407 e. The van der Waals surface area contributed by atoms with E-state index in [4.69, 9.17) is 91.6 Å². The third kappa shape index (κ3) is 16.5. The molecule has 2 saturated heterocycles. The molecule has 0 bridgehead atoms. The van der Waals surface area contributed by atoms with E-state index < -0.39 is 145 Å². The normalized spacial score (nSPS) is 25.2. The fraction of sp³-hybridized carbons (Fsp3) is 0.500. The van der Waals surface area contributed by atoms with E-state index in [1.54, 1.807) is 36.4 Å². The topological polar surface area (TPSA) is 280 Å². The van der Waals surface area contributed by atoms with Crippen molar-refractivity contribution in [3.05, 3.63) is 84.4 Å². The van der Waals surface area contributed by atoms with Gasteiger partial charge in [0.2, 0.25) is 3.79 Å². The first-order chi connectivity index (χ1) is 32.6. The summed E-state index contributed by atoms with van der Waals surface area (Å²) in [4.78, 5) is 105. The molecule has 2 heterocycles. The first kappa shape index (κ1) is 56.0. The second kappa shape index (κ2) is 25.9. The fourth-order valence-corrected chi connectivity index (χ4v) is 7.14. The number of carbonyl (C=O) groups is 8. The number of alkyl carbamates (subject to hydrolysis) is 1. The molecule has 378 valence electrons. The highest BCUT2D eigenvalue weighted by Gasteiger charge is 2.61. The maximum Gasteiger partial charge on any atom is 0.407 e. The van der Waals surface area contributed by atoms with Crippen molar-refractivity contribution < 1.29 is 100 Å². The predicted octanol–water partition coefficient (Wildman–Crippen LogP) is 3.22. The Morgan fingerprint density at radius 1 is 0.826 bits per heavy atom. The highest BCUT2D eigenvalue weighted by Crippen LogP contribution is 2.39. The average Bonchev–Trinajstić information content (AvgIpc) is 3.29. The van der Waals surface area contributed by atoms with Gasteiger partial charge in [0.25, 0.3) is 5.79 Å². The van der Waals surface area contributed by atoms with Gasteiger partial charge in [-0.1, -0.05) is 77.3 Å². The van der Waals surface area contributed by atoms with Gasteiger partial charge in [-0.05, 0) is 24.3 Å². The number of amides is 1. The molecule has 25 heteroatoms. The summed E-state index contributed by atoms with van der Waals surface area (Å²) in [7, 11) is 0.910. The number of benzene rings is 2. The fourth-order valence-electron chi connectivity index (χ4n) is 6.97. The van der Waals surface area contributed by atoms with E-state index in [9.17, 15) is 43.5 Å². The van der Waals surface area contributed by atoms with Crippen LogP contribution in [0.15, 0.2) is 73.3 Å². The number of rotatable bonds is 20. The van der Waals surface area contributed by atoms with Gasteiger partial charge in [-0.15, -0.1) is 6.58 Å². The number of ether oxygens (including phenoxy) is 12. The van der Waals surface area contributed by atoms with E-state index in [1.165, 1.54) is 30.3 Å². The molecule has 0 saturated carbocycles. The van der Waals surface area contributed by atoms with Gasteiger partial charge in [0.05, 0.1) is 43.9 Å². The summed E-state index contributed by atoms with van der Waals surface area (Å²) in [5.74, 6) is -10.1. The molecule has 1 amide bonds. The highest BCUT2D eigenvalue weighted by molar-refractivity contribution is 6.67. The number of halogens is 3. The Hall–Kier alpha value is -5.59. The van der Waals surface area contributed by atoms with Crippen LogP contribution in [0.5, 0.6) is 0 Å². The number of methoxy groups -OCH3 is 1. The molecule has 0 unspecified atom stereocenters. The summed E-state index contributed by atoms with van der Waals surface area (Å²) < 4.78 is 65.8. The molecule has 0 aromatic heterocycles. The van der Waals surface area contributed by atoms with Crippen molar-refractivity contribution in [2.75, 3.05) is 33.5 Å². The van der Waals surface area contributed by atoms with E-state index in [2.05, 4.69) is 11.9 Å². The minimum absolute atomic E-state index is 0.0333. The second-order valence-corrected chi connectivity index (χ2v) is 17.5. The quantitative estimate of drug-likeness (QED) is 0.0833. The zero-order valence-corrected chi connectivity index (χ0v) is 39.9. The number of hydrogen-bond donors (Lipinski definition) is 2. The van der Waals surface area contributed by atoms with Crippen molar-refractivity contribution in [2.24, 2.45) is 0 Å². The molecule has 0 aliphatic carbocycles. The molecule has 0 spiro atoms. The molecule has 2 aromatic rings. The first-order valence-corrected chi connectivity index (χ1v) is 21.8. The number of carbonyl (C=O) groups excluding carboxylic acids is 8. The molecular formula is C44H50Cl3NO21. The maximum absolute atomic E-state index is 14.2. The predicted molar refractivity (Wildman–Crippen MR) is 234 cm³/mol. The van der Waals surface area contributed by atoms with Gasteiger partial charge in [0.15, 0.2) is 30.7 Å². The Balaban J connectivity index is 1.85. The molecular weight excluding hydrogens is 985 g/mol. The van der Waals surface area contributed by atoms with Gasteiger partial charge in [-0.3, -0.25) is 19.2 Å². The number of hydrogen-bond acceptors (Lipinski definition) is 21. The van der Waals surface area contributed by atoms with Crippen LogP contribution >= 0.6 is 34.8 Å². The summed E-state index contributed by atoms with van der Waals surface area (Å²) in [5.41, 5.74) is 0.104. The average molecular weight is 1040 g/mol. The number of esters is 7. The van der Waals surface area contributed by atoms with Gasteiger partial charge in [-0.25, -0.2) is 19.2 Å². The Morgan fingerprint density at radius 3 is 1.91 bits per heavy atom. The molecule has 2 N–H and O–H groups in total. The van der Waals surface area contributed by atoms with Gasteiger partial charge >= 0.3 is 47.9 Å². The van der Waals surface area contributed by atoms with Gasteiger partial charge in [-0.2, -0.15) is 0 Å². The second-order valence-electron chi connectivity index (χ2n) is 15.0. The van der Waals surface area contributed by atoms with Crippen LogP contribution in [0, 0.1) is 0 Å². The lowest BCUT2D eigenvalue weighted by atomic mass is 9.88. The maximum atomic E-state index is 14.2. The first-order valence-electron chi connectivity index (χ1n) is 20.7. The number of aliphatic hydroxyl groups is 1. The third-order valence-corrected chi connectivity index (χ3v) is 10.1. The van der Waals surface area contributed by atoms with Gasteiger partial charge in [0, 0.05) is 27.7 Å². The zero-order valence-electron chi connectivity index (χ0n) is 37.6. The largest absolute Gasteiger partial charge is 0.465 e. The van der Waals surface area contributed by atoms with Gasteiger partial charge in [0.1, 0.15) is 37.6 Å². The zero-order chi connectivity index (χ0) is 51.1. The van der Waals surface area contributed by atoms with Crippen LogP contribution in [0.2, 0.25) is 0 Å². The Morgan fingerprint density at radius 2 is 1.41 bits per heavy atom. The minimum Gasteiger partial charge on any atom is -0.465 e. The summed E-state index contributed by atoms with van der Waals surface area (Å²) in [6.07, 6.45) is -17.3. The van der Waals surface area contributed by atoms with Crippen molar-refractivity contribution in [2.45, 2.75) is 105 Å². The molecule has 69 heavy (non-hydrogen) atoms. The third-order valence-electron chi connectivity index (χ3n) is 9.76. The van der Waals surface area contributed by atoms with Crippen molar-refractivity contribution in [1.82, 2.24) is 5.32 Å². The van der Waals surface area contributed by atoms with Crippen LogP contribution in [0.3, 0.4) is 0 Å². The molecule has 4 rings (SSSR count). The van der Waals surface area contributed by atoms with E-state index >= 15 is 0 Å². The highest BCUT2D eigenvalue weighted by atomic mass is 35.6. The van der Waals surface area contributed by atoms with Gasteiger partial charge < -0.3 is 67.3 Å². The van der Waals surface area contributed by atoms with Crippen LogP contribution < -0.4 is 5.32 Å². The number of aliphatic hydroxyl groups excluding tert-OH is 1. The molecule has 2 fully saturated rings. The Labute approximate surface area is 409 Å². The van der Waals surface area contributed by atoms with Crippen LogP contribution in [0.25, 0.3) is 0 Å². The molecule has 2 aliphatic heterocycles. The van der Waals surface area contributed by atoms with Crippen molar-refractivity contribution >= 4 is 82.7 Å². The summed E-state index contributed by atoms with van der Waals surface area (Å²) in [6, 6.07) is 13.5. The van der Waals surface area contributed by atoms with E-state index in [-0.39, 0.29) is 17.7 Å². The SMILES string of the molecule is C=CCO[C@H]1O[C@H](CO[C@]2(C(=O)OC)C[C@H](OC(C)=O)[C@@H](NC(=O)OCC(Cl)(Cl)Cl)[C@H]([C@H](OC(C)=O)[C@@H](COC(C)=O)OC(C)=O)O2)[C@H](O)[C@H](OC(=O)c2ccccc2)[C@H]1OC(=O)c1ccccc1. The summed E-state index contributed by atoms with van der Waals surface area (Å²) in [6.45, 7) is 4.64. The van der Waals surface area contributed by atoms with Crippen molar-refractivity contribution in [3.8, 4) is 0 Å².